The second-order valence-electron chi connectivity index (χ2n) is 8.20. The summed E-state index contributed by atoms with van der Waals surface area (Å²) in [6.07, 6.45) is 5.73. The average Bonchev–Trinajstić information content (AvgIpc) is 3.16. The molecule has 1 aromatic heterocycles. The number of likely N-dealkylation sites (tertiary alicyclic amines) is 2. The Morgan fingerprint density at radius 3 is 2.82 bits per heavy atom. The molecule has 5 heteroatoms. The molecule has 0 radical (unpaired) electrons. The van der Waals surface area contributed by atoms with Crippen LogP contribution in [0.5, 0.6) is 0 Å². The van der Waals surface area contributed by atoms with Crippen LogP contribution in [0.2, 0.25) is 0 Å². The first kappa shape index (κ1) is 17.4. The fraction of sp³-hybridized carbons (Fsp3) is 0.391. The van der Waals surface area contributed by atoms with Gasteiger partial charge in [-0.1, -0.05) is 30.7 Å². The maximum Gasteiger partial charge on any atom is 0.253 e. The number of rotatable bonds is 3. The molecular formula is C23H26N4O. The summed E-state index contributed by atoms with van der Waals surface area (Å²) in [6, 6.07) is 15.4. The maximum atomic E-state index is 13.0. The van der Waals surface area contributed by atoms with Crippen molar-refractivity contribution in [3.8, 4) is 11.1 Å². The zero-order chi connectivity index (χ0) is 19.1. The molecule has 0 spiro atoms. The van der Waals surface area contributed by atoms with Crippen LogP contribution in [0.25, 0.3) is 22.0 Å². The van der Waals surface area contributed by atoms with Crippen molar-refractivity contribution in [2.24, 2.45) is 0 Å². The molecule has 3 aromatic rings. The lowest BCUT2D eigenvalue weighted by molar-refractivity contribution is 0.00213. The maximum absolute atomic E-state index is 13.0. The predicted octanol–water partition coefficient (Wildman–Crippen LogP) is 3.93. The number of hydrogen-bond acceptors (Lipinski definition) is 3. The Hall–Kier alpha value is -2.66. The van der Waals surface area contributed by atoms with E-state index in [1.54, 1.807) is 0 Å². The molecule has 28 heavy (non-hydrogen) atoms. The molecule has 0 bridgehead atoms. The highest BCUT2D eigenvalue weighted by Crippen LogP contribution is 2.27. The van der Waals surface area contributed by atoms with Crippen molar-refractivity contribution in [1.82, 2.24) is 20.0 Å². The van der Waals surface area contributed by atoms with Gasteiger partial charge in [-0.05, 0) is 55.6 Å². The number of carbonyl (C=O) groups is 1. The molecule has 2 aliphatic heterocycles. The lowest BCUT2D eigenvalue weighted by Gasteiger charge is -2.49. The van der Waals surface area contributed by atoms with Gasteiger partial charge in [-0.15, -0.1) is 0 Å². The van der Waals surface area contributed by atoms with Gasteiger partial charge in [0.1, 0.15) is 0 Å². The first-order chi connectivity index (χ1) is 13.7. The largest absolute Gasteiger partial charge is 0.335 e. The molecule has 144 valence electrons. The lowest BCUT2D eigenvalue weighted by Crippen LogP contribution is -2.63. The van der Waals surface area contributed by atoms with Crippen LogP contribution in [0.3, 0.4) is 0 Å². The molecule has 2 aliphatic rings. The zero-order valence-electron chi connectivity index (χ0n) is 16.3. The van der Waals surface area contributed by atoms with Crippen LogP contribution in [-0.4, -0.2) is 57.6 Å². The number of carbonyl (C=O) groups excluding carboxylic acids is 1. The number of hydrogen-bond donors (Lipinski definition) is 1. The normalized spacial score (nSPS) is 21.0. The molecule has 5 nitrogen and oxygen atoms in total. The monoisotopic (exact) mass is 374 g/mol. The molecular weight excluding hydrogens is 348 g/mol. The zero-order valence-corrected chi connectivity index (χ0v) is 16.3. The van der Waals surface area contributed by atoms with E-state index in [-0.39, 0.29) is 5.91 Å². The van der Waals surface area contributed by atoms with Crippen LogP contribution in [0.15, 0.2) is 48.7 Å². The number of nitrogens with one attached hydrogen (secondary N) is 1. The Bertz CT molecular complexity index is 1000. The summed E-state index contributed by atoms with van der Waals surface area (Å²) in [4.78, 5) is 17.6. The van der Waals surface area contributed by atoms with E-state index in [2.05, 4.69) is 46.3 Å². The fourth-order valence-corrected chi connectivity index (χ4v) is 4.62. The minimum absolute atomic E-state index is 0.144. The van der Waals surface area contributed by atoms with Gasteiger partial charge in [0.15, 0.2) is 0 Å². The van der Waals surface area contributed by atoms with E-state index in [4.69, 9.17) is 0 Å². The Morgan fingerprint density at radius 2 is 1.96 bits per heavy atom. The third-order valence-electron chi connectivity index (χ3n) is 6.36. The van der Waals surface area contributed by atoms with E-state index in [0.717, 1.165) is 40.7 Å². The van der Waals surface area contributed by atoms with E-state index < -0.39 is 0 Å². The Balaban J connectivity index is 1.30. The van der Waals surface area contributed by atoms with E-state index in [0.29, 0.717) is 12.1 Å². The highest BCUT2D eigenvalue weighted by atomic mass is 16.2. The van der Waals surface area contributed by atoms with E-state index in [1.807, 2.05) is 29.3 Å². The smallest absolute Gasteiger partial charge is 0.253 e. The standard InChI is InChI=1S/C23H26N4O/c1-16-5-2-3-10-27(16)21-14-26(15-21)23(28)19-7-4-6-17(11-19)18-8-9-20-13-24-25-22(20)12-18/h4,6-9,11-13,16,21H,2-3,5,10,14-15H2,1H3,(H,24,25). The number of benzene rings is 2. The minimum Gasteiger partial charge on any atom is -0.335 e. The average molecular weight is 374 g/mol. The highest BCUT2D eigenvalue weighted by molar-refractivity contribution is 5.96. The molecule has 2 aromatic carbocycles. The van der Waals surface area contributed by atoms with Crippen molar-refractivity contribution < 1.29 is 4.79 Å². The molecule has 0 saturated carbocycles. The van der Waals surface area contributed by atoms with Gasteiger partial charge in [0, 0.05) is 36.1 Å². The van der Waals surface area contributed by atoms with Crippen molar-refractivity contribution in [3.05, 3.63) is 54.2 Å². The number of fused-ring (bicyclic) bond motifs is 1. The minimum atomic E-state index is 0.144. The summed E-state index contributed by atoms with van der Waals surface area (Å²) in [5, 5.41) is 8.19. The predicted molar refractivity (Wildman–Crippen MR) is 111 cm³/mol. The highest BCUT2D eigenvalue weighted by Gasteiger charge is 2.37. The van der Waals surface area contributed by atoms with Crippen LogP contribution in [0.4, 0.5) is 0 Å². The molecule has 1 atom stereocenters. The third-order valence-corrected chi connectivity index (χ3v) is 6.36. The summed E-state index contributed by atoms with van der Waals surface area (Å²) in [5.74, 6) is 0.144. The Morgan fingerprint density at radius 1 is 1.11 bits per heavy atom. The molecule has 2 saturated heterocycles. The quantitative estimate of drug-likeness (QED) is 0.756. The van der Waals surface area contributed by atoms with Gasteiger partial charge in [-0.25, -0.2) is 0 Å². The summed E-state index contributed by atoms with van der Waals surface area (Å²) in [7, 11) is 0. The molecule has 2 fully saturated rings. The molecule has 0 aliphatic carbocycles. The van der Waals surface area contributed by atoms with E-state index in [9.17, 15) is 4.79 Å². The van der Waals surface area contributed by atoms with E-state index in [1.165, 1.54) is 25.8 Å². The summed E-state index contributed by atoms with van der Waals surface area (Å²) in [6.45, 7) is 5.21. The number of amides is 1. The second kappa shape index (κ2) is 7.06. The summed E-state index contributed by atoms with van der Waals surface area (Å²) in [5.41, 5.74) is 3.93. The number of nitrogens with zero attached hydrogens (tertiary/aromatic N) is 3. The van der Waals surface area contributed by atoms with Crippen molar-refractivity contribution in [1.29, 1.82) is 0 Å². The van der Waals surface area contributed by atoms with Gasteiger partial charge in [0.05, 0.1) is 11.7 Å². The first-order valence-electron chi connectivity index (χ1n) is 10.3. The van der Waals surface area contributed by atoms with Crippen molar-refractivity contribution >= 4 is 16.8 Å². The summed E-state index contributed by atoms with van der Waals surface area (Å²) < 4.78 is 0. The topological polar surface area (TPSA) is 52.2 Å². The number of aromatic amines is 1. The van der Waals surface area contributed by atoms with Gasteiger partial charge < -0.3 is 4.90 Å². The first-order valence-corrected chi connectivity index (χ1v) is 10.3. The third kappa shape index (κ3) is 3.10. The van der Waals surface area contributed by atoms with Gasteiger partial charge in [-0.2, -0.15) is 5.10 Å². The number of aromatic nitrogens is 2. The summed E-state index contributed by atoms with van der Waals surface area (Å²) >= 11 is 0. The molecule has 3 heterocycles. The van der Waals surface area contributed by atoms with Crippen LogP contribution in [0, 0.1) is 0 Å². The molecule has 1 N–H and O–H groups in total. The Kier molecular flexibility index (Phi) is 4.40. The van der Waals surface area contributed by atoms with Crippen molar-refractivity contribution in [2.75, 3.05) is 19.6 Å². The van der Waals surface area contributed by atoms with Crippen LogP contribution >= 0.6 is 0 Å². The van der Waals surface area contributed by atoms with Crippen LogP contribution < -0.4 is 0 Å². The van der Waals surface area contributed by atoms with Gasteiger partial charge in [0.25, 0.3) is 5.91 Å². The van der Waals surface area contributed by atoms with E-state index >= 15 is 0 Å². The van der Waals surface area contributed by atoms with Crippen molar-refractivity contribution in [3.63, 3.8) is 0 Å². The van der Waals surface area contributed by atoms with Gasteiger partial charge in [0.2, 0.25) is 0 Å². The molecule has 5 rings (SSSR count). The lowest BCUT2D eigenvalue weighted by atomic mass is 9.96. The SMILES string of the molecule is CC1CCCCN1C1CN(C(=O)c2cccc(-c3ccc4cn[nH]c4c3)c2)C1. The van der Waals surface area contributed by atoms with Crippen molar-refractivity contribution in [2.45, 2.75) is 38.3 Å². The Labute approximate surface area is 165 Å². The molecule has 1 amide bonds. The van der Waals surface area contributed by atoms with Crippen LogP contribution in [-0.2, 0) is 0 Å². The number of piperidine rings is 1. The van der Waals surface area contributed by atoms with Gasteiger partial charge in [-0.3, -0.25) is 14.8 Å². The molecule has 1 unspecified atom stereocenters. The second-order valence-corrected chi connectivity index (χ2v) is 8.20. The fourth-order valence-electron chi connectivity index (χ4n) is 4.62. The van der Waals surface area contributed by atoms with Crippen LogP contribution in [0.1, 0.15) is 36.5 Å². The number of H-pyrrole nitrogens is 1. The van der Waals surface area contributed by atoms with Gasteiger partial charge >= 0.3 is 0 Å².